The zero-order valence-electron chi connectivity index (χ0n) is 11.5. The van der Waals surface area contributed by atoms with Crippen LogP contribution in [-0.4, -0.2) is 25.0 Å². The molecule has 1 aromatic rings. The van der Waals surface area contributed by atoms with Crippen LogP contribution in [0.15, 0.2) is 24.3 Å². The second-order valence-corrected chi connectivity index (χ2v) is 7.89. The third kappa shape index (κ3) is 3.38. The van der Waals surface area contributed by atoms with Crippen molar-refractivity contribution in [1.29, 1.82) is 5.26 Å². The van der Waals surface area contributed by atoms with E-state index in [4.69, 9.17) is 5.26 Å². The number of benzene rings is 1. The molecule has 1 aliphatic rings. The Hall–Kier alpha value is -1.38. The fourth-order valence-electron chi connectivity index (χ4n) is 2.92. The first kappa shape index (κ1) is 15.0. The van der Waals surface area contributed by atoms with Gasteiger partial charge in [0.05, 0.1) is 23.0 Å². The summed E-state index contributed by atoms with van der Waals surface area (Å²) in [5.74, 6) is -0.0579. The molecule has 0 spiro atoms. The number of rotatable bonds is 3. The van der Waals surface area contributed by atoms with Crippen LogP contribution < -0.4 is 0 Å². The van der Waals surface area contributed by atoms with E-state index in [1.807, 2.05) is 0 Å². The van der Waals surface area contributed by atoms with E-state index in [9.17, 15) is 13.5 Å². The zero-order valence-corrected chi connectivity index (χ0v) is 12.3. The predicted octanol–water partition coefficient (Wildman–Crippen LogP) is 2.20. The van der Waals surface area contributed by atoms with Crippen molar-refractivity contribution in [2.24, 2.45) is 5.92 Å². The number of sulfone groups is 1. The van der Waals surface area contributed by atoms with Crippen LogP contribution in [-0.2, 0) is 9.84 Å². The van der Waals surface area contributed by atoms with Crippen molar-refractivity contribution in [3.8, 4) is 6.07 Å². The number of aliphatic hydroxyl groups excluding tert-OH is 1. The lowest BCUT2D eigenvalue weighted by atomic mass is 9.82. The standard InChI is InChI=1S/C15H19NO3S/c1-20(18,19)14-7-3-6-13(9-14)15(17)12-5-2-4-11(8-12)10-16/h2,4-5,8,13-15,17H,3,6-7,9H2,1H3. The molecule has 1 aromatic carbocycles. The van der Waals surface area contributed by atoms with Crippen LogP contribution in [0, 0.1) is 17.2 Å². The number of hydrogen-bond donors (Lipinski definition) is 1. The van der Waals surface area contributed by atoms with E-state index in [1.165, 1.54) is 6.26 Å². The van der Waals surface area contributed by atoms with Gasteiger partial charge in [-0.3, -0.25) is 0 Å². The molecule has 0 amide bonds. The molecule has 0 heterocycles. The summed E-state index contributed by atoms with van der Waals surface area (Å²) < 4.78 is 23.3. The minimum absolute atomic E-state index is 0.0579. The molecule has 3 unspecified atom stereocenters. The van der Waals surface area contributed by atoms with Gasteiger partial charge in [0.1, 0.15) is 9.84 Å². The Balaban J connectivity index is 2.16. The molecule has 0 saturated heterocycles. The first-order chi connectivity index (χ1) is 9.41. The number of nitrogens with zero attached hydrogens (tertiary/aromatic N) is 1. The van der Waals surface area contributed by atoms with E-state index in [2.05, 4.69) is 6.07 Å². The van der Waals surface area contributed by atoms with Gasteiger partial charge in [-0.25, -0.2) is 8.42 Å². The molecule has 4 nitrogen and oxygen atoms in total. The average Bonchev–Trinajstić information content (AvgIpc) is 2.46. The number of nitriles is 1. The fourth-order valence-corrected chi connectivity index (χ4v) is 4.11. The summed E-state index contributed by atoms with van der Waals surface area (Å²) in [6.07, 6.45) is 3.38. The minimum Gasteiger partial charge on any atom is -0.388 e. The third-order valence-corrected chi connectivity index (χ3v) is 5.72. The van der Waals surface area contributed by atoms with Crippen molar-refractivity contribution in [1.82, 2.24) is 0 Å². The lowest BCUT2D eigenvalue weighted by Gasteiger charge is -2.31. The molecule has 1 fully saturated rings. The fraction of sp³-hybridized carbons (Fsp3) is 0.533. The van der Waals surface area contributed by atoms with Crippen molar-refractivity contribution in [3.63, 3.8) is 0 Å². The van der Waals surface area contributed by atoms with E-state index < -0.39 is 15.9 Å². The second kappa shape index (κ2) is 5.94. The SMILES string of the molecule is CS(=O)(=O)C1CCCC(C(O)c2cccc(C#N)c2)C1. The molecule has 0 radical (unpaired) electrons. The molecule has 0 aromatic heterocycles. The summed E-state index contributed by atoms with van der Waals surface area (Å²) in [7, 11) is -3.05. The highest BCUT2D eigenvalue weighted by Crippen LogP contribution is 2.36. The number of aliphatic hydroxyl groups is 1. The molecule has 1 saturated carbocycles. The van der Waals surface area contributed by atoms with Gasteiger partial charge >= 0.3 is 0 Å². The predicted molar refractivity (Wildman–Crippen MR) is 76.7 cm³/mol. The van der Waals surface area contributed by atoms with Gasteiger partial charge in [0.25, 0.3) is 0 Å². The molecule has 20 heavy (non-hydrogen) atoms. The molecule has 5 heteroatoms. The zero-order chi connectivity index (χ0) is 14.8. The van der Waals surface area contributed by atoms with Crippen LogP contribution in [0.2, 0.25) is 0 Å². The number of hydrogen-bond acceptors (Lipinski definition) is 4. The van der Waals surface area contributed by atoms with Crippen molar-refractivity contribution >= 4 is 9.84 Å². The Labute approximate surface area is 120 Å². The summed E-state index contributed by atoms with van der Waals surface area (Å²) in [5.41, 5.74) is 1.21. The molecule has 1 aliphatic carbocycles. The molecule has 108 valence electrons. The van der Waals surface area contributed by atoms with Crippen LogP contribution in [0.3, 0.4) is 0 Å². The first-order valence-electron chi connectivity index (χ1n) is 6.79. The average molecular weight is 293 g/mol. The monoisotopic (exact) mass is 293 g/mol. The van der Waals surface area contributed by atoms with E-state index in [0.29, 0.717) is 24.0 Å². The lowest BCUT2D eigenvalue weighted by molar-refractivity contribution is 0.0857. The highest BCUT2D eigenvalue weighted by Gasteiger charge is 2.32. The van der Waals surface area contributed by atoms with Crippen molar-refractivity contribution in [2.75, 3.05) is 6.26 Å². The Kier molecular flexibility index (Phi) is 4.46. The largest absolute Gasteiger partial charge is 0.388 e. The summed E-state index contributed by atoms with van der Waals surface area (Å²) in [4.78, 5) is 0. The summed E-state index contributed by atoms with van der Waals surface area (Å²) in [6, 6.07) is 8.95. The summed E-state index contributed by atoms with van der Waals surface area (Å²) in [5, 5.41) is 19.0. The van der Waals surface area contributed by atoms with Gasteiger partial charge in [-0.1, -0.05) is 18.6 Å². The summed E-state index contributed by atoms with van der Waals surface area (Å²) in [6.45, 7) is 0. The Morgan fingerprint density at radius 2 is 2.15 bits per heavy atom. The highest BCUT2D eigenvalue weighted by atomic mass is 32.2. The van der Waals surface area contributed by atoms with Gasteiger partial charge in [-0.05, 0) is 42.9 Å². The van der Waals surface area contributed by atoms with Crippen LogP contribution in [0.25, 0.3) is 0 Å². The molecule has 0 aliphatic heterocycles. The first-order valence-corrected chi connectivity index (χ1v) is 8.74. The quantitative estimate of drug-likeness (QED) is 0.926. The van der Waals surface area contributed by atoms with E-state index in [0.717, 1.165) is 12.8 Å². The van der Waals surface area contributed by atoms with Crippen LogP contribution in [0.1, 0.15) is 42.9 Å². The molecule has 2 rings (SSSR count). The van der Waals surface area contributed by atoms with Crippen molar-refractivity contribution in [2.45, 2.75) is 37.0 Å². The molecular weight excluding hydrogens is 274 g/mol. The van der Waals surface area contributed by atoms with E-state index >= 15 is 0 Å². The van der Waals surface area contributed by atoms with Crippen molar-refractivity contribution in [3.05, 3.63) is 35.4 Å². The van der Waals surface area contributed by atoms with Crippen LogP contribution >= 0.6 is 0 Å². The van der Waals surface area contributed by atoms with Gasteiger partial charge in [0.15, 0.2) is 0 Å². The minimum atomic E-state index is -3.05. The van der Waals surface area contributed by atoms with Crippen LogP contribution in [0.5, 0.6) is 0 Å². The topological polar surface area (TPSA) is 78.2 Å². The maximum Gasteiger partial charge on any atom is 0.150 e. The molecule has 3 atom stereocenters. The molecular formula is C15H19NO3S. The Bertz CT molecular complexity index is 618. The van der Waals surface area contributed by atoms with E-state index in [1.54, 1.807) is 24.3 Å². The Morgan fingerprint density at radius 3 is 2.80 bits per heavy atom. The van der Waals surface area contributed by atoms with Gasteiger partial charge < -0.3 is 5.11 Å². The lowest BCUT2D eigenvalue weighted by Crippen LogP contribution is -2.30. The smallest absolute Gasteiger partial charge is 0.150 e. The Morgan fingerprint density at radius 1 is 1.40 bits per heavy atom. The maximum atomic E-state index is 11.7. The summed E-state index contributed by atoms with van der Waals surface area (Å²) >= 11 is 0. The van der Waals surface area contributed by atoms with E-state index in [-0.39, 0.29) is 11.2 Å². The van der Waals surface area contributed by atoms with Gasteiger partial charge in [-0.2, -0.15) is 5.26 Å². The van der Waals surface area contributed by atoms with Gasteiger partial charge in [-0.15, -0.1) is 0 Å². The second-order valence-electron chi connectivity index (χ2n) is 5.56. The molecule has 1 N–H and O–H groups in total. The van der Waals surface area contributed by atoms with Gasteiger partial charge in [0, 0.05) is 6.26 Å². The van der Waals surface area contributed by atoms with Crippen LogP contribution in [0.4, 0.5) is 0 Å². The third-order valence-electron chi connectivity index (χ3n) is 4.08. The maximum absolute atomic E-state index is 11.7. The normalized spacial score (nSPS) is 24.9. The molecule has 0 bridgehead atoms. The van der Waals surface area contributed by atoms with Crippen molar-refractivity contribution < 1.29 is 13.5 Å². The highest BCUT2D eigenvalue weighted by molar-refractivity contribution is 7.91. The van der Waals surface area contributed by atoms with Gasteiger partial charge in [0.2, 0.25) is 0 Å².